The van der Waals surface area contributed by atoms with Gasteiger partial charge in [-0.05, 0) is 18.2 Å². The highest BCUT2D eigenvalue weighted by Gasteiger charge is 2.14. The lowest BCUT2D eigenvalue weighted by Gasteiger charge is -2.12. The maximum atomic E-state index is 5.74. The van der Waals surface area contributed by atoms with Crippen LogP contribution in [0.2, 0.25) is 0 Å². The van der Waals surface area contributed by atoms with Gasteiger partial charge in [-0.25, -0.2) is 4.68 Å². The van der Waals surface area contributed by atoms with Gasteiger partial charge in [0.25, 0.3) is 0 Å². The molecule has 2 aromatic heterocycles. The minimum absolute atomic E-state index is 0.479. The lowest BCUT2D eigenvalue weighted by atomic mass is 10.1. The molecule has 2 heterocycles. The van der Waals surface area contributed by atoms with Crippen LogP contribution in [0.3, 0.4) is 0 Å². The van der Waals surface area contributed by atoms with E-state index in [2.05, 4.69) is 15.3 Å². The number of nitrogens with zero attached hydrogens (tertiary/aromatic N) is 4. The quantitative estimate of drug-likeness (QED) is 0.456. The Morgan fingerprint density at radius 1 is 0.929 bits per heavy atom. The number of aromatic nitrogens is 4. The molecule has 0 radical (unpaired) electrons. The minimum atomic E-state index is 0.479. The summed E-state index contributed by atoms with van der Waals surface area (Å²) in [5, 5.41) is 14.7. The molecule has 0 N–H and O–H groups in total. The number of benzene rings is 2. The van der Waals surface area contributed by atoms with Crippen LogP contribution < -0.4 is 14.2 Å². The fourth-order valence-corrected chi connectivity index (χ4v) is 3.06. The minimum Gasteiger partial charge on any atom is -0.493 e. The largest absolute Gasteiger partial charge is 0.493 e. The van der Waals surface area contributed by atoms with Crippen LogP contribution in [0.1, 0.15) is 0 Å². The number of methoxy groups -OCH3 is 3. The predicted octanol–water partition coefficient (Wildman–Crippen LogP) is 3.01. The maximum Gasteiger partial charge on any atom is 0.162 e. The van der Waals surface area contributed by atoms with Crippen LogP contribution in [0, 0.1) is 0 Å². The molecule has 0 unspecified atom stereocenters. The van der Waals surface area contributed by atoms with Crippen LogP contribution >= 0.6 is 0 Å². The highest BCUT2D eigenvalue weighted by molar-refractivity contribution is 5.92. The lowest BCUT2D eigenvalue weighted by Crippen LogP contribution is -2.04. The Balaban J connectivity index is 1.85. The van der Waals surface area contributed by atoms with E-state index in [9.17, 15) is 0 Å². The highest BCUT2D eigenvalue weighted by atomic mass is 16.5. The Hall–Kier alpha value is -3.39. The van der Waals surface area contributed by atoms with Crippen molar-refractivity contribution in [2.75, 3.05) is 34.5 Å². The molecule has 8 heteroatoms. The molecule has 0 fully saturated rings. The SMILES string of the molecule is COCCOc1ccc2cnn(-c3cnnc4cc(OC)c(OC)cc34)c2c1. The summed E-state index contributed by atoms with van der Waals surface area (Å²) >= 11 is 0. The second-order valence-electron chi connectivity index (χ2n) is 6.07. The van der Waals surface area contributed by atoms with Crippen molar-refractivity contribution < 1.29 is 18.9 Å². The number of hydrogen-bond donors (Lipinski definition) is 0. The van der Waals surface area contributed by atoms with Gasteiger partial charge in [-0.15, -0.1) is 0 Å². The predicted molar refractivity (Wildman–Crippen MR) is 105 cm³/mol. The Morgan fingerprint density at radius 3 is 2.54 bits per heavy atom. The Morgan fingerprint density at radius 2 is 1.75 bits per heavy atom. The first-order chi connectivity index (χ1) is 13.7. The molecule has 0 bridgehead atoms. The molecule has 0 saturated carbocycles. The van der Waals surface area contributed by atoms with Crippen LogP contribution in [0.25, 0.3) is 27.5 Å². The third kappa shape index (κ3) is 3.18. The number of hydrogen-bond acceptors (Lipinski definition) is 7. The van der Waals surface area contributed by atoms with Crippen molar-refractivity contribution >= 4 is 21.8 Å². The van der Waals surface area contributed by atoms with Crippen LogP contribution in [0.4, 0.5) is 0 Å². The van der Waals surface area contributed by atoms with Gasteiger partial charge in [0, 0.05) is 30.0 Å². The van der Waals surface area contributed by atoms with Gasteiger partial charge >= 0.3 is 0 Å². The number of ether oxygens (including phenoxy) is 4. The number of fused-ring (bicyclic) bond motifs is 2. The molecule has 0 aliphatic rings. The maximum absolute atomic E-state index is 5.74. The van der Waals surface area contributed by atoms with Crippen molar-refractivity contribution in [1.29, 1.82) is 0 Å². The first-order valence-electron chi connectivity index (χ1n) is 8.72. The Labute approximate surface area is 161 Å². The summed E-state index contributed by atoms with van der Waals surface area (Å²) in [7, 11) is 4.84. The van der Waals surface area contributed by atoms with Crippen LogP contribution in [-0.2, 0) is 4.74 Å². The van der Waals surface area contributed by atoms with Crippen molar-refractivity contribution in [3.05, 3.63) is 42.7 Å². The third-order valence-corrected chi connectivity index (χ3v) is 4.45. The summed E-state index contributed by atoms with van der Waals surface area (Å²) in [6, 6.07) is 9.52. The van der Waals surface area contributed by atoms with Crippen LogP contribution in [-0.4, -0.2) is 54.5 Å². The van der Waals surface area contributed by atoms with Gasteiger partial charge in [0.1, 0.15) is 12.4 Å². The summed E-state index contributed by atoms with van der Waals surface area (Å²) in [6.07, 6.45) is 3.49. The van der Waals surface area contributed by atoms with Gasteiger partial charge in [-0.2, -0.15) is 15.3 Å². The van der Waals surface area contributed by atoms with E-state index in [1.807, 2.05) is 28.9 Å². The molecule has 0 amide bonds. The van der Waals surface area contributed by atoms with Gasteiger partial charge in [0.05, 0.1) is 49.9 Å². The average Bonchev–Trinajstić information content (AvgIpc) is 3.15. The second-order valence-corrected chi connectivity index (χ2v) is 6.07. The van der Waals surface area contributed by atoms with Crippen molar-refractivity contribution in [2.24, 2.45) is 0 Å². The van der Waals surface area contributed by atoms with Crippen molar-refractivity contribution in [3.63, 3.8) is 0 Å². The van der Waals surface area contributed by atoms with E-state index in [4.69, 9.17) is 18.9 Å². The molecule has 0 aliphatic carbocycles. The van der Waals surface area contributed by atoms with E-state index in [0.29, 0.717) is 30.2 Å². The molecule has 0 aliphatic heterocycles. The normalized spacial score (nSPS) is 11.1. The van der Waals surface area contributed by atoms with Crippen molar-refractivity contribution in [2.45, 2.75) is 0 Å². The van der Waals surface area contributed by atoms with E-state index < -0.39 is 0 Å². The zero-order valence-electron chi connectivity index (χ0n) is 15.9. The fraction of sp³-hybridized carbons (Fsp3) is 0.250. The van der Waals surface area contributed by atoms with Crippen LogP contribution in [0.15, 0.2) is 42.7 Å². The lowest BCUT2D eigenvalue weighted by molar-refractivity contribution is 0.146. The molecule has 28 heavy (non-hydrogen) atoms. The molecule has 0 atom stereocenters. The van der Waals surface area contributed by atoms with E-state index >= 15 is 0 Å². The first-order valence-corrected chi connectivity index (χ1v) is 8.72. The van der Waals surface area contributed by atoms with E-state index in [-0.39, 0.29) is 0 Å². The van der Waals surface area contributed by atoms with Gasteiger partial charge in [0.15, 0.2) is 11.5 Å². The molecule has 0 saturated heterocycles. The summed E-state index contributed by atoms with van der Waals surface area (Å²) in [4.78, 5) is 0. The Bertz CT molecular complexity index is 1130. The van der Waals surface area contributed by atoms with Gasteiger partial charge < -0.3 is 18.9 Å². The summed E-state index contributed by atoms with van der Waals surface area (Å²) in [5.74, 6) is 1.96. The van der Waals surface area contributed by atoms with Gasteiger partial charge in [0.2, 0.25) is 0 Å². The molecule has 4 rings (SSSR count). The third-order valence-electron chi connectivity index (χ3n) is 4.45. The monoisotopic (exact) mass is 380 g/mol. The topological polar surface area (TPSA) is 80.5 Å². The van der Waals surface area contributed by atoms with Crippen molar-refractivity contribution in [3.8, 4) is 22.9 Å². The molecular formula is C20H20N4O4. The zero-order valence-corrected chi connectivity index (χ0v) is 15.9. The van der Waals surface area contributed by atoms with Gasteiger partial charge in [-0.3, -0.25) is 0 Å². The molecule has 8 nitrogen and oxygen atoms in total. The smallest absolute Gasteiger partial charge is 0.162 e. The Kier molecular flexibility index (Phi) is 4.94. The van der Waals surface area contributed by atoms with E-state index in [0.717, 1.165) is 27.7 Å². The van der Waals surface area contributed by atoms with E-state index in [1.165, 1.54) is 0 Å². The average molecular weight is 380 g/mol. The van der Waals surface area contributed by atoms with Crippen LogP contribution in [0.5, 0.6) is 17.2 Å². The molecule has 0 spiro atoms. The summed E-state index contributed by atoms with van der Waals surface area (Å²) < 4.78 is 23.4. The highest BCUT2D eigenvalue weighted by Crippen LogP contribution is 2.34. The molecule has 2 aromatic carbocycles. The standard InChI is InChI=1S/C20H20N4O4/c1-25-6-7-28-14-5-4-13-11-22-24(17(13)8-14)18-12-21-23-16-10-20(27-3)19(26-2)9-15(16)18/h4-5,8-12H,6-7H2,1-3H3. The zero-order chi connectivity index (χ0) is 19.5. The fourth-order valence-electron chi connectivity index (χ4n) is 3.06. The van der Waals surface area contributed by atoms with E-state index in [1.54, 1.807) is 39.8 Å². The molecule has 144 valence electrons. The second kappa shape index (κ2) is 7.69. The van der Waals surface area contributed by atoms with Crippen molar-refractivity contribution in [1.82, 2.24) is 20.0 Å². The summed E-state index contributed by atoms with van der Waals surface area (Å²) in [6.45, 7) is 1.00. The number of rotatable bonds is 7. The molecule has 4 aromatic rings. The summed E-state index contributed by atoms with van der Waals surface area (Å²) in [5.41, 5.74) is 2.38. The first kappa shape index (κ1) is 18.0. The van der Waals surface area contributed by atoms with Gasteiger partial charge in [-0.1, -0.05) is 0 Å². The molecular weight excluding hydrogens is 360 g/mol.